The first-order chi connectivity index (χ1) is 12.8. The number of hydrogen-bond acceptors (Lipinski definition) is 8. The fourth-order valence-electron chi connectivity index (χ4n) is 2.17. The summed E-state index contributed by atoms with van der Waals surface area (Å²) in [6.45, 7) is 0.0885. The molecule has 128 valence electrons. The molecule has 1 amide bonds. The van der Waals surface area contributed by atoms with E-state index in [0.717, 1.165) is 5.56 Å². The molecular weight excluding hydrogens is 336 g/mol. The normalized spacial score (nSPS) is 10.6. The second kappa shape index (κ2) is 6.89. The van der Waals surface area contributed by atoms with E-state index < -0.39 is 5.91 Å². The monoisotopic (exact) mass is 348 g/mol. The molecule has 4 aromatic rings. The van der Waals surface area contributed by atoms with E-state index in [1.165, 1.54) is 17.3 Å². The summed E-state index contributed by atoms with van der Waals surface area (Å²) in [5.41, 5.74) is 1.00. The number of amides is 1. The van der Waals surface area contributed by atoms with E-state index >= 15 is 0 Å². The largest absolute Gasteiger partial charge is 0.342 e. The van der Waals surface area contributed by atoms with Crippen LogP contribution in [0, 0.1) is 0 Å². The van der Waals surface area contributed by atoms with E-state index in [0.29, 0.717) is 17.5 Å². The standard InChI is InChI=1S/C16H12N8O2/c25-16(12-6-7-13(22-21-12)24-10-17-9-19-24)18-8-14-20-15(23-26-14)11-4-2-1-3-5-11/h1-7,9-10H,8H2,(H,18,25). The lowest BCUT2D eigenvalue weighted by Gasteiger charge is -2.02. The fraction of sp³-hybridized carbons (Fsp3) is 0.0625. The molecular formula is C16H12N8O2. The third-order valence-corrected chi connectivity index (χ3v) is 3.44. The number of nitrogens with one attached hydrogen (secondary N) is 1. The Bertz CT molecular complexity index is 996. The van der Waals surface area contributed by atoms with Crippen molar-refractivity contribution in [3.8, 4) is 17.2 Å². The van der Waals surface area contributed by atoms with Gasteiger partial charge in [-0.25, -0.2) is 9.67 Å². The number of nitrogens with zero attached hydrogens (tertiary/aromatic N) is 7. The van der Waals surface area contributed by atoms with Crippen molar-refractivity contribution in [3.63, 3.8) is 0 Å². The van der Waals surface area contributed by atoms with E-state index in [4.69, 9.17) is 4.52 Å². The van der Waals surface area contributed by atoms with E-state index in [-0.39, 0.29) is 12.2 Å². The number of rotatable bonds is 5. The smallest absolute Gasteiger partial charge is 0.272 e. The number of aromatic nitrogens is 7. The quantitative estimate of drug-likeness (QED) is 0.567. The average molecular weight is 348 g/mol. The number of carbonyl (C=O) groups is 1. The van der Waals surface area contributed by atoms with Crippen LogP contribution in [0.1, 0.15) is 16.4 Å². The molecule has 0 radical (unpaired) electrons. The SMILES string of the molecule is O=C(NCc1nc(-c2ccccc2)no1)c1ccc(-n2cncn2)nn1. The van der Waals surface area contributed by atoms with Crippen LogP contribution in [-0.4, -0.2) is 41.0 Å². The van der Waals surface area contributed by atoms with Crippen LogP contribution in [-0.2, 0) is 6.54 Å². The molecule has 0 unspecified atom stereocenters. The van der Waals surface area contributed by atoms with Crippen molar-refractivity contribution in [1.82, 2.24) is 40.4 Å². The molecule has 0 atom stereocenters. The van der Waals surface area contributed by atoms with Gasteiger partial charge in [0.1, 0.15) is 12.7 Å². The Morgan fingerprint density at radius 2 is 2.00 bits per heavy atom. The van der Waals surface area contributed by atoms with Crippen LogP contribution in [0.25, 0.3) is 17.2 Å². The maximum atomic E-state index is 12.2. The first kappa shape index (κ1) is 15.6. The molecule has 26 heavy (non-hydrogen) atoms. The molecule has 0 saturated carbocycles. The molecule has 0 aliphatic heterocycles. The molecule has 3 aromatic heterocycles. The molecule has 0 aliphatic carbocycles. The molecule has 0 saturated heterocycles. The summed E-state index contributed by atoms with van der Waals surface area (Å²) in [6.07, 6.45) is 2.88. The van der Waals surface area contributed by atoms with Crippen molar-refractivity contribution in [3.05, 3.63) is 66.7 Å². The van der Waals surface area contributed by atoms with Gasteiger partial charge in [0.2, 0.25) is 11.7 Å². The lowest BCUT2D eigenvalue weighted by Crippen LogP contribution is -2.24. The summed E-state index contributed by atoms with van der Waals surface area (Å²) in [5.74, 6) is 0.821. The maximum Gasteiger partial charge on any atom is 0.272 e. The van der Waals surface area contributed by atoms with Gasteiger partial charge in [0.25, 0.3) is 5.91 Å². The molecule has 0 bridgehead atoms. The molecule has 3 heterocycles. The van der Waals surface area contributed by atoms with Gasteiger partial charge in [-0.05, 0) is 12.1 Å². The second-order valence-electron chi connectivity index (χ2n) is 5.18. The Morgan fingerprint density at radius 1 is 1.12 bits per heavy atom. The highest BCUT2D eigenvalue weighted by Crippen LogP contribution is 2.14. The van der Waals surface area contributed by atoms with E-state index in [1.54, 1.807) is 12.1 Å². The van der Waals surface area contributed by atoms with Gasteiger partial charge in [-0.2, -0.15) is 10.1 Å². The molecule has 4 rings (SSSR count). The Morgan fingerprint density at radius 3 is 2.73 bits per heavy atom. The highest BCUT2D eigenvalue weighted by Gasteiger charge is 2.12. The van der Waals surface area contributed by atoms with Crippen LogP contribution < -0.4 is 5.32 Å². The van der Waals surface area contributed by atoms with Crippen LogP contribution >= 0.6 is 0 Å². The van der Waals surface area contributed by atoms with Gasteiger partial charge in [-0.3, -0.25) is 4.79 Å². The zero-order valence-electron chi connectivity index (χ0n) is 13.4. The highest BCUT2D eigenvalue weighted by atomic mass is 16.5. The van der Waals surface area contributed by atoms with Crippen LogP contribution in [0.2, 0.25) is 0 Å². The van der Waals surface area contributed by atoms with E-state index in [1.807, 2.05) is 30.3 Å². The van der Waals surface area contributed by atoms with Crippen molar-refractivity contribution < 1.29 is 9.32 Å². The summed E-state index contributed by atoms with van der Waals surface area (Å²) in [7, 11) is 0. The minimum atomic E-state index is -0.401. The van der Waals surface area contributed by atoms with E-state index in [2.05, 4.69) is 35.7 Å². The predicted molar refractivity (Wildman–Crippen MR) is 87.9 cm³/mol. The first-order valence-corrected chi connectivity index (χ1v) is 7.64. The lowest BCUT2D eigenvalue weighted by atomic mass is 10.2. The van der Waals surface area contributed by atoms with Crippen molar-refractivity contribution in [1.29, 1.82) is 0 Å². The zero-order chi connectivity index (χ0) is 17.8. The van der Waals surface area contributed by atoms with Gasteiger partial charge in [0, 0.05) is 5.56 Å². The summed E-state index contributed by atoms with van der Waals surface area (Å²) in [4.78, 5) is 20.2. The molecule has 10 heteroatoms. The van der Waals surface area contributed by atoms with Crippen molar-refractivity contribution in [2.75, 3.05) is 0 Å². The van der Waals surface area contributed by atoms with Crippen LogP contribution in [0.3, 0.4) is 0 Å². The van der Waals surface area contributed by atoms with Crippen LogP contribution in [0.5, 0.6) is 0 Å². The third-order valence-electron chi connectivity index (χ3n) is 3.44. The molecule has 1 N–H and O–H groups in total. The Kier molecular flexibility index (Phi) is 4.13. The van der Waals surface area contributed by atoms with Crippen LogP contribution in [0.4, 0.5) is 0 Å². The van der Waals surface area contributed by atoms with Crippen molar-refractivity contribution in [2.45, 2.75) is 6.54 Å². The topological polar surface area (TPSA) is 125 Å². The summed E-state index contributed by atoms with van der Waals surface area (Å²) in [6, 6.07) is 12.6. The number of hydrogen-bond donors (Lipinski definition) is 1. The van der Waals surface area contributed by atoms with Gasteiger partial charge in [0.05, 0.1) is 6.54 Å². The van der Waals surface area contributed by atoms with Gasteiger partial charge >= 0.3 is 0 Å². The van der Waals surface area contributed by atoms with Crippen molar-refractivity contribution >= 4 is 5.91 Å². The Balaban J connectivity index is 1.39. The maximum absolute atomic E-state index is 12.2. The first-order valence-electron chi connectivity index (χ1n) is 7.64. The van der Waals surface area contributed by atoms with Gasteiger partial charge < -0.3 is 9.84 Å². The molecule has 1 aromatic carbocycles. The van der Waals surface area contributed by atoms with Gasteiger partial charge in [0.15, 0.2) is 11.5 Å². The third kappa shape index (κ3) is 3.29. The molecule has 0 spiro atoms. The molecule has 10 nitrogen and oxygen atoms in total. The summed E-state index contributed by atoms with van der Waals surface area (Å²) < 4.78 is 6.59. The van der Waals surface area contributed by atoms with E-state index in [9.17, 15) is 4.79 Å². The molecule has 0 fully saturated rings. The number of benzene rings is 1. The van der Waals surface area contributed by atoms with Gasteiger partial charge in [-0.1, -0.05) is 35.5 Å². The van der Waals surface area contributed by atoms with Crippen LogP contribution in [0.15, 0.2) is 59.6 Å². The minimum Gasteiger partial charge on any atom is -0.342 e. The second-order valence-corrected chi connectivity index (χ2v) is 5.18. The summed E-state index contributed by atoms with van der Waals surface area (Å²) >= 11 is 0. The average Bonchev–Trinajstić information content (AvgIpc) is 3.39. The van der Waals surface area contributed by atoms with Gasteiger partial charge in [-0.15, -0.1) is 10.2 Å². The fourth-order valence-corrected chi connectivity index (χ4v) is 2.17. The molecule has 0 aliphatic rings. The zero-order valence-corrected chi connectivity index (χ0v) is 13.4. The lowest BCUT2D eigenvalue weighted by molar-refractivity contribution is 0.0940. The minimum absolute atomic E-state index is 0.0885. The Hall–Kier alpha value is -3.95. The Labute approximate surface area is 146 Å². The number of carbonyl (C=O) groups excluding carboxylic acids is 1. The van der Waals surface area contributed by atoms with Crippen molar-refractivity contribution in [2.24, 2.45) is 0 Å². The predicted octanol–water partition coefficient (Wildman–Crippen LogP) is 1.04. The highest BCUT2D eigenvalue weighted by molar-refractivity contribution is 5.91. The summed E-state index contributed by atoms with van der Waals surface area (Å²) in [5, 5.41) is 18.3.